The number of carbonyl (C=O) groups excluding carboxylic acids is 2. The zero-order valence-electron chi connectivity index (χ0n) is 72.2. The zero-order chi connectivity index (χ0) is 90.7. The fraction of sp³-hybridized carbons (Fsp3) is 0.187. The number of H-pyrrole nitrogens is 5. The Kier molecular flexibility index (Phi) is 21.4. The number of carbonyl (C=O) groups is 2. The van der Waals surface area contributed by atoms with Crippen molar-refractivity contribution in [3.63, 3.8) is 0 Å². The van der Waals surface area contributed by atoms with Crippen molar-refractivity contribution in [1.82, 2.24) is 85.8 Å². The number of amides is 2. The summed E-state index contributed by atoms with van der Waals surface area (Å²) in [4.78, 5) is 57.1. The lowest BCUT2D eigenvalue weighted by Gasteiger charge is -2.32. The molecule has 0 spiro atoms. The maximum atomic E-state index is 13.2. The van der Waals surface area contributed by atoms with Gasteiger partial charge in [0.1, 0.15) is 32.8 Å². The molecule has 21 aromatic rings. The number of aromatic hydroxyl groups is 4. The third-order valence-electron chi connectivity index (χ3n) is 27.5. The van der Waals surface area contributed by atoms with Crippen molar-refractivity contribution < 1.29 is 35.1 Å². The number of pyridine rings is 6. The number of aryl methyl sites for hydroxylation is 5. The Morgan fingerprint density at radius 1 is 0.343 bits per heavy atom. The highest BCUT2D eigenvalue weighted by molar-refractivity contribution is 9.10. The fourth-order valence-corrected chi connectivity index (χ4v) is 22.0. The molecule has 27 rings (SSSR count). The second-order valence-corrected chi connectivity index (χ2v) is 36.8. The first-order valence-corrected chi connectivity index (χ1v) is 46.8. The average Bonchev–Trinajstić information content (AvgIpc) is 1.39. The number of benzene rings is 10. The van der Waals surface area contributed by atoms with E-state index in [1.165, 1.54) is 109 Å². The van der Waals surface area contributed by atoms with Gasteiger partial charge in [0.25, 0.3) is 11.8 Å². The van der Waals surface area contributed by atoms with Crippen molar-refractivity contribution in [3.05, 3.63) is 301 Å². The molecule has 0 bridgehead atoms. The third-order valence-corrected chi connectivity index (χ3v) is 28.6. The van der Waals surface area contributed by atoms with Crippen molar-refractivity contribution in [2.24, 2.45) is 0 Å². The summed E-state index contributed by atoms with van der Waals surface area (Å²) in [6.07, 6.45) is 26.6. The quantitative estimate of drug-likeness (QED) is 0.0546. The Bertz CT molecular complexity index is 8310. The predicted molar refractivity (Wildman–Crippen MR) is 527 cm³/mol. The largest absolute Gasteiger partial charge is 0.508 e. The smallest absolute Gasteiger partial charge is 0.261 e. The molecule has 12 heterocycles. The monoisotopic (exact) mass is 1870 g/mol. The molecule has 5 aliphatic carbocycles. The van der Waals surface area contributed by atoms with Gasteiger partial charge in [-0.25, -0.2) is 29.9 Å². The van der Waals surface area contributed by atoms with Crippen molar-refractivity contribution in [2.45, 2.75) is 128 Å². The normalized spacial score (nSPS) is 15.5. The van der Waals surface area contributed by atoms with Crippen LogP contribution >= 0.6 is 39.1 Å². The minimum atomic E-state index is -0.342. The Hall–Kier alpha value is -14.9. The lowest BCUT2D eigenvalue weighted by atomic mass is 9.82. The molecule has 10 aromatic carbocycles. The highest BCUT2D eigenvalue weighted by Crippen LogP contribution is 2.47. The van der Waals surface area contributed by atoms with E-state index in [1.807, 2.05) is 122 Å². The van der Waals surface area contributed by atoms with E-state index in [-0.39, 0.29) is 47.0 Å². The number of nitrogens with zero attached hydrogens (tertiary/aromatic N) is 12. The second-order valence-electron chi connectivity index (χ2n) is 35.3. The summed E-state index contributed by atoms with van der Waals surface area (Å²) in [5, 5.41) is 97.7. The molecule has 2 atom stereocenters. The van der Waals surface area contributed by atoms with Gasteiger partial charge in [0.15, 0.2) is 0 Å². The van der Waals surface area contributed by atoms with E-state index in [2.05, 4.69) is 96.2 Å². The Morgan fingerprint density at radius 3 is 1.13 bits per heavy atom. The van der Waals surface area contributed by atoms with Crippen molar-refractivity contribution >= 4 is 160 Å². The van der Waals surface area contributed by atoms with E-state index in [0.717, 1.165) is 211 Å². The van der Waals surface area contributed by atoms with Crippen LogP contribution in [0, 0.1) is 0 Å². The molecule has 660 valence electrons. The molecular weight excluding hydrogens is 1790 g/mol. The summed E-state index contributed by atoms with van der Waals surface area (Å²) in [6.45, 7) is 0. The molecule has 1 aliphatic heterocycles. The molecule has 0 radical (unpaired) electrons. The minimum absolute atomic E-state index is 0.0974. The van der Waals surface area contributed by atoms with E-state index < -0.39 is 0 Å². The van der Waals surface area contributed by atoms with E-state index >= 15 is 0 Å². The van der Waals surface area contributed by atoms with E-state index in [1.54, 1.807) is 72.8 Å². The summed E-state index contributed by atoms with van der Waals surface area (Å²) < 4.78 is 0.917. The topological polar surface area (TPSA) is 359 Å². The third kappa shape index (κ3) is 14.8. The molecule has 6 aliphatic rings. The highest BCUT2D eigenvalue weighted by atomic mass is 79.9. The number of aromatic nitrogens is 16. The number of imide groups is 1. The fourth-order valence-electron chi connectivity index (χ4n) is 21.3. The summed E-state index contributed by atoms with van der Waals surface area (Å²) in [6, 6.07) is 57.7. The minimum Gasteiger partial charge on any atom is -0.508 e. The van der Waals surface area contributed by atoms with Gasteiger partial charge < -0.3 is 25.5 Å². The Labute approximate surface area is 783 Å². The van der Waals surface area contributed by atoms with Crippen LogP contribution in [0.1, 0.15) is 128 Å². The molecule has 24 nitrogen and oxygen atoms in total. The average molecular weight is 1870 g/mol. The predicted octanol–water partition coefficient (Wildman–Crippen LogP) is 22.8. The van der Waals surface area contributed by atoms with Crippen LogP contribution in [0.2, 0.25) is 10.2 Å². The SMILES string of the molecule is Clc1ccc(-c2nc3ccc4[nH]ncc4c3c3c2CCCC3)cn1.O=C1c2ccccc2C(=O)N1C1CCc2c(c(-c3ccc(O)cc3)nc3ccc4[nH]ncc4c23)C1.Oc1ccc(-c2nc3ccc4[nH]ncc4c3c3c2CC(O)CC3)cc1.Oc1ccc(-c2nc3ccc4[nH]ncc4c3c3c2CCCC3)cc1Cl.Oc1ccc(-c2nc3ccc4n[nH]c(Br)c4c3c3c2CCCC3)cc1. The Balaban J connectivity index is 0.0000000953. The van der Waals surface area contributed by atoms with Crippen molar-refractivity contribution in [1.29, 1.82) is 0 Å². The first-order valence-electron chi connectivity index (χ1n) is 45.3. The van der Waals surface area contributed by atoms with Crippen LogP contribution < -0.4 is 0 Å². The van der Waals surface area contributed by atoms with Gasteiger partial charge in [0, 0.05) is 100 Å². The molecule has 11 aromatic heterocycles. The van der Waals surface area contributed by atoms with Gasteiger partial charge in [-0.3, -0.25) is 40.0 Å². The molecule has 134 heavy (non-hydrogen) atoms. The molecule has 2 amide bonds. The van der Waals surface area contributed by atoms with Crippen LogP contribution in [0.3, 0.4) is 0 Å². The second kappa shape index (κ2) is 34.4. The number of aliphatic hydroxyl groups excluding tert-OH is 1. The number of rotatable bonds is 6. The van der Waals surface area contributed by atoms with Gasteiger partial charge in [-0.05, 0) is 357 Å². The van der Waals surface area contributed by atoms with Crippen LogP contribution in [0.5, 0.6) is 23.0 Å². The lowest BCUT2D eigenvalue weighted by Crippen LogP contribution is -2.43. The summed E-state index contributed by atoms with van der Waals surface area (Å²) in [5.74, 6) is 0.348. The lowest BCUT2D eigenvalue weighted by molar-refractivity contribution is 0.0571. The highest BCUT2D eigenvalue weighted by Gasteiger charge is 2.42. The number of nitrogens with one attached hydrogen (secondary N) is 5. The molecule has 0 saturated heterocycles. The molecule has 10 N–H and O–H groups in total. The van der Waals surface area contributed by atoms with Crippen LogP contribution in [0.15, 0.2) is 224 Å². The van der Waals surface area contributed by atoms with Gasteiger partial charge in [-0.1, -0.05) is 35.3 Å². The number of hydrogen-bond acceptors (Lipinski definition) is 18. The van der Waals surface area contributed by atoms with Gasteiger partial charge in [0.05, 0.1) is 131 Å². The first kappa shape index (κ1) is 83.4. The summed E-state index contributed by atoms with van der Waals surface area (Å²) in [7, 11) is 0. The molecule has 0 fully saturated rings. The number of fused-ring (bicyclic) bond motifs is 26. The summed E-state index contributed by atoms with van der Waals surface area (Å²) in [5.41, 5.74) is 33.2. The molecule has 27 heteroatoms. The maximum absolute atomic E-state index is 13.2. The molecule has 0 saturated carbocycles. The van der Waals surface area contributed by atoms with Gasteiger partial charge in [0.2, 0.25) is 0 Å². The standard InChI is InChI=1S/C28H20N4O3.C20H16BrN3O.C20H16ClN3O.C20H17N3O2.C19H15ClN4/c33-17-8-5-15(6-9-17)26-21-13-16(32-27(34)19-3-1-2-4-20(19)28(32)35)7-10-18(21)25-22-14-29-31-23(22)11-12-24(25)30-26;21-20-18-16(23-24-20)10-9-15-17(18)13-3-1-2-4-14(13)19(22-15)11-5-7-12(25)8-6-11;21-15-9-11(5-8-18(15)25)20-13-4-2-1-3-12(13)19-14-10-22-24-16(14)6-7-17(19)23-20;24-12-3-1-11(2-4-12)20-15-9-13(25)5-6-14(15)19-16-10-21-23-17(16)7-8-18(19)22-20;20-17-8-5-11(9-21-17)19-13-4-2-1-3-12(13)18-14-10-22-24-15(14)6-7-16(18)23-19/h1-6,8-9,11-12,14,16,33H,7,10,13H2,(H,29,31);5-10,25H,1-4H2,(H,23,24);5-10,25H,1-4H2,(H,22,24);1-4,7-8,10,13,24-25H,5-6,9H2,(H,21,23);5-10H,1-4H2,(H,22,24). The number of halogens is 3. The van der Waals surface area contributed by atoms with E-state index in [4.69, 9.17) is 48.1 Å². The summed E-state index contributed by atoms with van der Waals surface area (Å²) >= 11 is 15.7. The van der Waals surface area contributed by atoms with Crippen molar-refractivity contribution in [3.8, 4) is 79.3 Å². The number of phenols is 4. The van der Waals surface area contributed by atoms with Crippen LogP contribution in [0.4, 0.5) is 0 Å². The number of aliphatic hydroxyl groups is 1. The van der Waals surface area contributed by atoms with E-state index in [9.17, 15) is 35.1 Å². The number of hydrogen-bond donors (Lipinski definition) is 10. The number of phenolic OH excluding ortho intramolecular Hbond substituents is 4. The number of aromatic amines is 5. The zero-order valence-corrected chi connectivity index (χ0v) is 75.3. The van der Waals surface area contributed by atoms with Crippen LogP contribution in [-0.2, 0) is 64.2 Å². The van der Waals surface area contributed by atoms with Crippen LogP contribution in [0.25, 0.3) is 165 Å². The van der Waals surface area contributed by atoms with Gasteiger partial charge in [-0.15, -0.1) is 0 Å². The van der Waals surface area contributed by atoms with Crippen LogP contribution in [-0.4, -0.2) is 135 Å². The van der Waals surface area contributed by atoms with E-state index in [0.29, 0.717) is 47.0 Å². The van der Waals surface area contributed by atoms with Crippen molar-refractivity contribution in [2.75, 3.05) is 0 Å². The molecule has 2 unspecified atom stereocenters. The molecular formula is C107H84BrCl2N17O7. The van der Waals surface area contributed by atoms with Gasteiger partial charge in [-0.2, -0.15) is 25.5 Å². The maximum Gasteiger partial charge on any atom is 0.261 e. The first-order chi connectivity index (χ1) is 65.6. The Morgan fingerprint density at radius 2 is 0.701 bits per heavy atom. The van der Waals surface area contributed by atoms with Gasteiger partial charge >= 0.3 is 0 Å².